The number of rotatable bonds is 3. The Morgan fingerprint density at radius 2 is 1.97 bits per heavy atom. The summed E-state index contributed by atoms with van der Waals surface area (Å²) in [7, 11) is 0. The summed E-state index contributed by atoms with van der Waals surface area (Å²) in [6.07, 6.45) is 0. The van der Waals surface area contributed by atoms with Crippen molar-refractivity contribution in [1.29, 1.82) is 0 Å². The number of ether oxygens (including phenoxy) is 2. The average molecular weight is 520 g/mol. The standard InChI is InChI=1S/C23H20BrClN2O5/c1-3-31-20(28)18-16-11-32-17-9-4-12(24)10-15(17)19(16)27-22(30)26(21(29)23(18,27)2)14-7-5-13(25)6-8-14/h4-10,16,18-19H,3,11H2,1-2H3/t16-,18+,19+,23+/m1/s1. The SMILES string of the molecule is CCOC(=O)[C@@H]1[C@H]2COc3ccc(Br)cc3[C@@H]2N2C(=O)N(c3ccc(Cl)cc3)C(=O)[C@]12C. The number of fused-ring (bicyclic) bond motifs is 5. The lowest BCUT2D eigenvalue weighted by molar-refractivity contribution is -0.154. The molecule has 0 bridgehead atoms. The highest BCUT2D eigenvalue weighted by Gasteiger charge is 2.72. The minimum absolute atomic E-state index is 0.175. The van der Waals surface area contributed by atoms with Crippen molar-refractivity contribution < 1.29 is 23.9 Å². The van der Waals surface area contributed by atoms with Gasteiger partial charge < -0.3 is 14.4 Å². The lowest BCUT2D eigenvalue weighted by Crippen LogP contribution is -2.51. The average Bonchev–Trinajstić information content (AvgIpc) is 3.14. The summed E-state index contributed by atoms with van der Waals surface area (Å²) in [6.45, 7) is 3.75. The number of hydrogen-bond acceptors (Lipinski definition) is 5. The van der Waals surface area contributed by atoms with E-state index in [1.165, 1.54) is 0 Å². The Bertz CT molecular complexity index is 1140. The van der Waals surface area contributed by atoms with Crippen LogP contribution in [-0.2, 0) is 14.3 Å². The van der Waals surface area contributed by atoms with Crippen LogP contribution in [0.5, 0.6) is 5.75 Å². The molecule has 0 N–H and O–H groups in total. The molecule has 3 amide bonds. The summed E-state index contributed by atoms with van der Waals surface area (Å²) in [4.78, 5) is 43.4. The minimum atomic E-state index is -1.41. The Morgan fingerprint density at radius 1 is 1.25 bits per heavy atom. The van der Waals surface area contributed by atoms with Gasteiger partial charge in [0.25, 0.3) is 5.91 Å². The van der Waals surface area contributed by atoms with E-state index in [-0.39, 0.29) is 13.2 Å². The fraction of sp³-hybridized carbons (Fsp3) is 0.348. The predicted molar refractivity (Wildman–Crippen MR) is 121 cm³/mol. The van der Waals surface area contributed by atoms with Gasteiger partial charge >= 0.3 is 12.0 Å². The molecule has 0 radical (unpaired) electrons. The van der Waals surface area contributed by atoms with Crippen molar-refractivity contribution >= 4 is 51.1 Å². The van der Waals surface area contributed by atoms with Crippen LogP contribution in [0, 0.1) is 11.8 Å². The Kier molecular flexibility index (Phi) is 4.98. The molecule has 0 aromatic heterocycles. The molecule has 2 aromatic rings. The molecular formula is C23H20BrClN2O5. The Labute approximate surface area is 198 Å². The highest BCUT2D eigenvalue weighted by atomic mass is 79.9. The molecule has 5 rings (SSSR count). The molecule has 9 heteroatoms. The second-order valence-corrected chi connectivity index (χ2v) is 9.60. The maximum Gasteiger partial charge on any atom is 0.332 e. The number of imide groups is 1. The molecule has 3 aliphatic rings. The van der Waals surface area contributed by atoms with Crippen molar-refractivity contribution in [3.63, 3.8) is 0 Å². The van der Waals surface area contributed by atoms with Gasteiger partial charge in [-0.05, 0) is 56.3 Å². The number of nitrogens with zero attached hydrogens (tertiary/aromatic N) is 2. The zero-order chi connectivity index (χ0) is 22.8. The number of carbonyl (C=O) groups is 3. The molecule has 0 unspecified atom stereocenters. The van der Waals surface area contributed by atoms with Gasteiger partial charge in [-0.25, -0.2) is 9.69 Å². The van der Waals surface area contributed by atoms with Crippen LogP contribution in [0.15, 0.2) is 46.9 Å². The quantitative estimate of drug-likeness (QED) is 0.439. The molecule has 166 valence electrons. The first kappa shape index (κ1) is 21.3. The molecule has 2 fully saturated rings. The van der Waals surface area contributed by atoms with Crippen LogP contribution in [0.3, 0.4) is 0 Å². The first-order valence-corrected chi connectivity index (χ1v) is 11.5. The van der Waals surface area contributed by atoms with Crippen LogP contribution in [0.4, 0.5) is 10.5 Å². The zero-order valence-electron chi connectivity index (χ0n) is 17.4. The Balaban J connectivity index is 1.69. The van der Waals surface area contributed by atoms with E-state index < -0.39 is 41.3 Å². The molecule has 0 saturated carbocycles. The number of halogens is 2. The van der Waals surface area contributed by atoms with E-state index in [9.17, 15) is 14.4 Å². The van der Waals surface area contributed by atoms with E-state index in [1.54, 1.807) is 43.0 Å². The van der Waals surface area contributed by atoms with Crippen molar-refractivity contribution in [1.82, 2.24) is 4.90 Å². The smallest absolute Gasteiger partial charge is 0.332 e. The zero-order valence-corrected chi connectivity index (χ0v) is 19.7. The van der Waals surface area contributed by atoms with E-state index in [4.69, 9.17) is 21.1 Å². The minimum Gasteiger partial charge on any atom is -0.493 e. The number of amides is 3. The van der Waals surface area contributed by atoms with Gasteiger partial charge in [-0.3, -0.25) is 9.59 Å². The molecular weight excluding hydrogens is 500 g/mol. The molecule has 32 heavy (non-hydrogen) atoms. The third-order valence-corrected chi connectivity index (χ3v) is 7.34. The van der Waals surface area contributed by atoms with Gasteiger partial charge in [0.05, 0.1) is 30.9 Å². The molecule has 0 spiro atoms. The fourth-order valence-electron chi connectivity index (χ4n) is 5.28. The van der Waals surface area contributed by atoms with Gasteiger partial charge in [-0.15, -0.1) is 0 Å². The summed E-state index contributed by atoms with van der Waals surface area (Å²) in [5.41, 5.74) is -0.251. The number of urea groups is 1. The van der Waals surface area contributed by atoms with Gasteiger partial charge in [-0.1, -0.05) is 27.5 Å². The summed E-state index contributed by atoms with van der Waals surface area (Å²) in [5, 5.41) is 0.493. The summed E-state index contributed by atoms with van der Waals surface area (Å²) >= 11 is 9.48. The Hall–Kier alpha value is -2.58. The van der Waals surface area contributed by atoms with Crippen molar-refractivity contribution in [2.75, 3.05) is 18.1 Å². The Morgan fingerprint density at radius 3 is 2.66 bits per heavy atom. The maximum atomic E-state index is 13.8. The topological polar surface area (TPSA) is 76.2 Å². The number of hydrogen-bond donors (Lipinski definition) is 0. The van der Waals surface area contributed by atoms with Crippen LogP contribution < -0.4 is 9.64 Å². The van der Waals surface area contributed by atoms with Gasteiger partial charge in [-0.2, -0.15) is 0 Å². The lowest BCUT2D eigenvalue weighted by atomic mass is 9.77. The van der Waals surface area contributed by atoms with Gasteiger partial charge in [0.2, 0.25) is 0 Å². The molecule has 3 aliphatic heterocycles. The van der Waals surface area contributed by atoms with Crippen molar-refractivity contribution in [2.45, 2.75) is 25.4 Å². The maximum absolute atomic E-state index is 13.8. The summed E-state index contributed by atoms with van der Waals surface area (Å²) in [6, 6.07) is 11.0. The van der Waals surface area contributed by atoms with Gasteiger partial charge in [0.1, 0.15) is 11.3 Å². The third-order valence-electron chi connectivity index (χ3n) is 6.60. The van der Waals surface area contributed by atoms with Crippen LogP contribution in [0.25, 0.3) is 0 Å². The molecule has 2 saturated heterocycles. The number of benzene rings is 2. The van der Waals surface area contributed by atoms with Crippen LogP contribution in [-0.4, -0.2) is 41.6 Å². The first-order valence-electron chi connectivity index (χ1n) is 10.3. The van der Waals surface area contributed by atoms with Crippen LogP contribution in [0.1, 0.15) is 25.5 Å². The van der Waals surface area contributed by atoms with Crippen molar-refractivity contribution in [3.8, 4) is 5.75 Å². The highest BCUT2D eigenvalue weighted by molar-refractivity contribution is 9.10. The van der Waals surface area contributed by atoms with E-state index in [0.717, 1.165) is 14.9 Å². The van der Waals surface area contributed by atoms with E-state index in [0.29, 0.717) is 16.5 Å². The second-order valence-electron chi connectivity index (χ2n) is 8.25. The first-order chi connectivity index (χ1) is 15.3. The largest absolute Gasteiger partial charge is 0.493 e. The molecule has 0 aliphatic carbocycles. The van der Waals surface area contributed by atoms with Crippen LogP contribution in [0.2, 0.25) is 5.02 Å². The number of esters is 1. The van der Waals surface area contributed by atoms with Crippen molar-refractivity contribution in [3.05, 3.63) is 57.5 Å². The second kappa shape index (κ2) is 7.49. The van der Waals surface area contributed by atoms with Gasteiger partial charge in [0.15, 0.2) is 0 Å². The lowest BCUT2D eigenvalue weighted by Gasteiger charge is -2.34. The summed E-state index contributed by atoms with van der Waals surface area (Å²) in [5.74, 6) is -1.62. The summed E-state index contributed by atoms with van der Waals surface area (Å²) < 4.78 is 12.1. The van der Waals surface area contributed by atoms with Crippen LogP contribution >= 0.6 is 27.5 Å². The molecule has 2 aromatic carbocycles. The third kappa shape index (κ3) is 2.82. The number of anilines is 1. The van der Waals surface area contributed by atoms with E-state index in [2.05, 4.69) is 15.9 Å². The number of carbonyl (C=O) groups excluding carboxylic acids is 3. The molecule has 3 heterocycles. The van der Waals surface area contributed by atoms with E-state index in [1.807, 2.05) is 18.2 Å². The monoisotopic (exact) mass is 518 g/mol. The van der Waals surface area contributed by atoms with E-state index >= 15 is 0 Å². The predicted octanol–water partition coefficient (Wildman–Crippen LogP) is 4.57. The highest BCUT2D eigenvalue weighted by Crippen LogP contribution is 2.58. The van der Waals surface area contributed by atoms with Gasteiger partial charge in [0, 0.05) is 21.0 Å². The van der Waals surface area contributed by atoms with Crippen molar-refractivity contribution in [2.24, 2.45) is 11.8 Å². The molecule has 4 atom stereocenters. The fourth-order valence-corrected chi connectivity index (χ4v) is 5.79. The normalized spacial score (nSPS) is 28.2. The molecule has 7 nitrogen and oxygen atoms in total.